The summed E-state index contributed by atoms with van der Waals surface area (Å²) in [5, 5.41) is 2.81. The van der Waals surface area contributed by atoms with Crippen molar-refractivity contribution in [1.82, 2.24) is 4.90 Å². The number of rotatable bonds is 5. The van der Waals surface area contributed by atoms with E-state index < -0.39 is 8.55 Å². The summed E-state index contributed by atoms with van der Waals surface area (Å²) in [6.07, 6.45) is 1.03. The van der Waals surface area contributed by atoms with Gasteiger partial charge in [0.05, 0.1) is 0 Å². The number of nitrogens with zero attached hydrogens (tertiary/aromatic N) is 2. The average Bonchev–Trinajstić information content (AvgIpc) is 3.07. The van der Waals surface area contributed by atoms with E-state index in [4.69, 9.17) is 4.76 Å². The fourth-order valence-corrected chi connectivity index (χ4v) is 57.7. The molecule has 0 N–H and O–H groups in total. The maximum absolute atomic E-state index is 5.48. The third-order valence-corrected chi connectivity index (χ3v) is 40.1. The molecule has 0 saturated carbocycles. The first-order valence-corrected chi connectivity index (χ1v) is 21.8. The molecule has 0 aromatic heterocycles. The van der Waals surface area contributed by atoms with Gasteiger partial charge in [0.15, 0.2) is 0 Å². The fraction of sp³-hybridized carbons (Fsp3) is 0.136. The summed E-state index contributed by atoms with van der Waals surface area (Å²) in [5.41, 5.74) is 2.66. The molecule has 7 heteroatoms. The van der Waals surface area contributed by atoms with Gasteiger partial charge in [-0.1, -0.05) is 0 Å². The molecule has 0 unspecified atom stereocenters. The van der Waals surface area contributed by atoms with Gasteiger partial charge in [-0.2, -0.15) is 0 Å². The molecule has 29 heavy (non-hydrogen) atoms. The van der Waals surface area contributed by atoms with Crippen molar-refractivity contribution in [2.45, 2.75) is 6.42 Å². The van der Waals surface area contributed by atoms with Gasteiger partial charge in [-0.25, -0.2) is 0 Å². The van der Waals surface area contributed by atoms with Crippen molar-refractivity contribution in [3.8, 4) is 0 Å². The zero-order valence-electron chi connectivity index (χ0n) is 16.1. The second-order valence-electron chi connectivity index (χ2n) is 6.88. The Labute approximate surface area is 194 Å². The summed E-state index contributed by atoms with van der Waals surface area (Å²) >= 11 is 7.64. The second kappa shape index (κ2) is 9.36. The zero-order valence-corrected chi connectivity index (χ0v) is 23.0. The van der Waals surface area contributed by atoms with Gasteiger partial charge in [-0.05, 0) is 0 Å². The summed E-state index contributed by atoms with van der Waals surface area (Å²) in [7, 11) is 2.22. The van der Waals surface area contributed by atoms with Crippen molar-refractivity contribution in [3.63, 3.8) is 0 Å². The summed E-state index contributed by atoms with van der Waals surface area (Å²) in [6, 6.07) is 32.6. The summed E-state index contributed by atoms with van der Waals surface area (Å²) < 4.78 is 2.20. The molecule has 0 fully saturated rings. The predicted molar refractivity (Wildman–Crippen MR) is 133 cm³/mol. The van der Waals surface area contributed by atoms with Crippen LogP contribution in [-0.4, -0.2) is 68.3 Å². The van der Waals surface area contributed by atoms with Crippen molar-refractivity contribution in [1.29, 1.82) is 0 Å². The van der Waals surface area contributed by atoms with Crippen molar-refractivity contribution >= 4 is 69.0 Å². The van der Waals surface area contributed by atoms with Crippen molar-refractivity contribution in [3.05, 3.63) is 96.6 Å². The molecule has 148 valence electrons. The second-order valence-corrected chi connectivity index (χ2v) is 35.0. The standard InChI is InChI=1S/C22H22N2P2Se3/c1-24(18-17-19-11-5-2-6-12-19)22-23-26(28,21-15-9-4-10-16-21)29-25(22,27)20-13-7-3-8-14-20/h2-16H,17-18H2,1H3/t25-,26-/m1/s1. The van der Waals surface area contributed by atoms with Crippen LogP contribution in [-0.2, 0) is 6.42 Å². The molecule has 1 aliphatic heterocycles. The maximum atomic E-state index is 5.48. The van der Waals surface area contributed by atoms with E-state index in [1.54, 1.807) is 0 Å². The van der Waals surface area contributed by atoms with Gasteiger partial charge in [0.2, 0.25) is 0 Å². The molecular formula is C22H22N2P2Se3. The van der Waals surface area contributed by atoms with Gasteiger partial charge < -0.3 is 0 Å². The normalized spacial score (nSPS) is 23.6. The SMILES string of the molecule is CN(CCc1ccccc1)C1=N[P@@](=[Se])(c2ccccc2)[Se][P@]1(=[Se])c1ccccc1. The van der Waals surface area contributed by atoms with Crippen LogP contribution >= 0.6 is 8.55 Å². The Hall–Kier alpha value is -0.452. The van der Waals surface area contributed by atoms with E-state index >= 15 is 0 Å². The van der Waals surface area contributed by atoms with Crippen molar-refractivity contribution < 1.29 is 0 Å². The van der Waals surface area contributed by atoms with Gasteiger partial charge in [-0.15, -0.1) is 0 Å². The van der Waals surface area contributed by atoms with Crippen molar-refractivity contribution in [2.24, 2.45) is 4.76 Å². The molecule has 0 bridgehead atoms. The monoisotopic (exact) mass is 616 g/mol. The van der Waals surface area contributed by atoms with Gasteiger partial charge >= 0.3 is 195 Å². The fourth-order valence-electron chi connectivity index (χ4n) is 3.24. The van der Waals surface area contributed by atoms with E-state index in [1.807, 2.05) is 0 Å². The number of hydrogen-bond acceptors (Lipinski definition) is 2. The number of hydrogen-bond donors (Lipinski definition) is 0. The zero-order chi connectivity index (χ0) is 20.3. The molecule has 3 aromatic carbocycles. The first kappa shape index (κ1) is 21.8. The predicted octanol–water partition coefficient (Wildman–Crippen LogP) is 3.83. The van der Waals surface area contributed by atoms with Gasteiger partial charge in [0.1, 0.15) is 0 Å². The Morgan fingerprint density at radius 1 is 0.793 bits per heavy atom. The molecule has 1 heterocycles. The third-order valence-electron chi connectivity index (χ3n) is 4.81. The Morgan fingerprint density at radius 3 is 1.90 bits per heavy atom. The Balaban J connectivity index is 1.70. The first-order valence-electron chi connectivity index (χ1n) is 9.40. The minimum atomic E-state index is -1.66. The van der Waals surface area contributed by atoms with Crippen LogP contribution in [0.25, 0.3) is 0 Å². The molecule has 1 aliphatic rings. The van der Waals surface area contributed by atoms with Crippen LogP contribution in [0.5, 0.6) is 0 Å². The minimum absolute atomic E-state index is 0.360. The third kappa shape index (κ3) is 4.75. The number of likely N-dealkylation sites (N-methyl/N-ethyl adjacent to an activating group) is 1. The number of amidine groups is 1. The molecule has 0 saturated heterocycles. The molecule has 0 radical (unpaired) electrons. The van der Waals surface area contributed by atoms with Crippen LogP contribution in [0.1, 0.15) is 5.56 Å². The summed E-state index contributed by atoms with van der Waals surface area (Å²) in [4.78, 5) is 2.41. The first-order chi connectivity index (χ1) is 14.0. The van der Waals surface area contributed by atoms with Crippen LogP contribution in [0.2, 0.25) is 0 Å². The van der Waals surface area contributed by atoms with E-state index in [9.17, 15) is 0 Å². The molecule has 0 aliphatic carbocycles. The van der Waals surface area contributed by atoms with E-state index in [2.05, 4.69) is 133 Å². The van der Waals surface area contributed by atoms with E-state index in [-0.39, 0.29) is 0 Å². The van der Waals surface area contributed by atoms with Gasteiger partial charge in [-0.3, -0.25) is 0 Å². The summed E-state index contributed by atoms with van der Waals surface area (Å²) in [6.45, 7) is 0.976. The topological polar surface area (TPSA) is 15.6 Å². The Kier molecular flexibility index (Phi) is 7.03. The Bertz CT molecular complexity index is 1100. The van der Waals surface area contributed by atoms with E-state index in [0.717, 1.165) is 13.0 Å². The van der Waals surface area contributed by atoms with Crippen LogP contribution in [0.4, 0.5) is 0 Å². The molecule has 0 spiro atoms. The average molecular weight is 613 g/mol. The van der Waals surface area contributed by atoms with Gasteiger partial charge in [0, 0.05) is 0 Å². The molecule has 2 nitrogen and oxygen atoms in total. The Morgan fingerprint density at radius 2 is 1.31 bits per heavy atom. The molecular weight excluding hydrogens is 591 g/mol. The van der Waals surface area contributed by atoms with E-state index in [0.29, 0.717) is 14.1 Å². The van der Waals surface area contributed by atoms with Crippen LogP contribution in [0.15, 0.2) is 95.8 Å². The summed E-state index contributed by atoms with van der Waals surface area (Å²) in [5.74, 6) is 0. The molecule has 4 rings (SSSR count). The number of benzene rings is 3. The molecule has 3 aromatic rings. The molecule has 2 atom stereocenters. The van der Waals surface area contributed by atoms with E-state index in [1.165, 1.54) is 21.7 Å². The van der Waals surface area contributed by atoms with Crippen LogP contribution in [0, 0.1) is 0 Å². The van der Waals surface area contributed by atoms with Crippen molar-refractivity contribution in [2.75, 3.05) is 13.6 Å². The molecule has 0 amide bonds. The van der Waals surface area contributed by atoms with Crippen LogP contribution < -0.4 is 10.6 Å². The quantitative estimate of drug-likeness (QED) is 0.316. The van der Waals surface area contributed by atoms with Crippen LogP contribution in [0.3, 0.4) is 0 Å². The van der Waals surface area contributed by atoms with Gasteiger partial charge in [0.25, 0.3) is 0 Å².